The Morgan fingerprint density at radius 2 is 1.17 bits per heavy atom. The molecule has 0 atom stereocenters. The van der Waals surface area contributed by atoms with Crippen molar-refractivity contribution >= 4 is 11.0 Å². The maximum Gasteiger partial charge on any atom is 0.433 e. The zero-order chi connectivity index (χ0) is 26.0. The van der Waals surface area contributed by atoms with E-state index in [0.29, 0.717) is 0 Å². The predicted octanol–water partition coefficient (Wildman–Crippen LogP) is 6.96. The fourth-order valence-electron chi connectivity index (χ4n) is 3.23. The zero-order valence-corrected chi connectivity index (χ0v) is 16.3. The summed E-state index contributed by atoms with van der Waals surface area (Å²) in [5.74, 6) is -13.8. The zero-order valence-electron chi connectivity index (χ0n) is 16.3. The Bertz CT molecular complexity index is 1440. The molecule has 0 spiro atoms. The Labute approximate surface area is 185 Å². The molecule has 2 aromatic carbocycles. The summed E-state index contributed by atoms with van der Waals surface area (Å²) in [5, 5.41) is 2.16. The van der Waals surface area contributed by atoms with Crippen LogP contribution >= 0.6 is 0 Å². The van der Waals surface area contributed by atoms with Gasteiger partial charge < -0.3 is 0 Å². The molecular formula is C20H5F12N3. The number of aromatic nitrogens is 3. The second kappa shape index (κ2) is 7.88. The quantitative estimate of drug-likeness (QED) is 0.164. The summed E-state index contributed by atoms with van der Waals surface area (Å²) in [5.41, 5.74) is -9.02. The van der Waals surface area contributed by atoms with Crippen LogP contribution in [-0.4, -0.2) is 14.8 Å². The van der Waals surface area contributed by atoms with Crippen LogP contribution in [0, 0.1) is 34.9 Å². The highest BCUT2D eigenvalue weighted by Crippen LogP contribution is 2.43. The third-order valence-electron chi connectivity index (χ3n) is 4.75. The monoisotopic (exact) mass is 515 g/mol. The van der Waals surface area contributed by atoms with E-state index in [9.17, 15) is 52.7 Å². The molecule has 2 aromatic heterocycles. The molecule has 0 aliphatic carbocycles. The Morgan fingerprint density at radius 1 is 0.657 bits per heavy atom. The normalized spacial score (nSPS) is 12.6. The number of halogens is 12. The summed E-state index contributed by atoms with van der Waals surface area (Å²) in [7, 11) is 0. The number of pyridine rings is 1. The van der Waals surface area contributed by atoms with E-state index in [0.717, 1.165) is 24.3 Å². The summed E-state index contributed by atoms with van der Waals surface area (Å²) in [6.45, 7) is 0. The lowest BCUT2D eigenvalue weighted by Crippen LogP contribution is -2.15. The van der Waals surface area contributed by atoms with Crippen LogP contribution in [-0.2, 0) is 12.4 Å². The van der Waals surface area contributed by atoms with Gasteiger partial charge in [0.2, 0.25) is 5.82 Å². The van der Waals surface area contributed by atoms with Crippen LogP contribution in [0.4, 0.5) is 52.7 Å². The minimum atomic E-state index is -5.53. The molecule has 0 saturated carbocycles. The summed E-state index contributed by atoms with van der Waals surface area (Å²) < 4.78 is 164. The van der Waals surface area contributed by atoms with E-state index in [1.807, 2.05) is 0 Å². The third kappa shape index (κ3) is 3.93. The smallest absolute Gasteiger partial charge is 0.223 e. The lowest BCUT2D eigenvalue weighted by atomic mass is 10.0. The van der Waals surface area contributed by atoms with Crippen molar-refractivity contribution in [3.05, 3.63) is 76.5 Å². The molecule has 2 heterocycles. The van der Waals surface area contributed by atoms with Crippen LogP contribution in [0.15, 0.2) is 30.3 Å². The van der Waals surface area contributed by atoms with Crippen molar-refractivity contribution in [3.63, 3.8) is 0 Å². The van der Waals surface area contributed by atoms with Crippen LogP contribution in [0.25, 0.3) is 28.0 Å². The number of alkyl halides is 6. The van der Waals surface area contributed by atoms with Crippen molar-refractivity contribution in [1.29, 1.82) is 0 Å². The first-order chi connectivity index (χ1) is 16.1. The molecule has 0 aliphatic rings. The minimum Gasteiger partial charge on any atom is -0.223 e. The van der Waals surface area contributed by atoms with Crippen LogP contribution in [0.2, 0.25) is 0 Å². The predicted molar refractivity (Wildman–Crippen MR) is 94.1 cm³/mol. The first-order valence-corrected chi connectivity index (χ1v) is 8.98. The number of hydrogen-bond donors (Lipinski definition) is 0. The molecule has 0 saturated heterocycles. The second-order valence-electron chi connectivity index (χ2n) is 6.94. The Kier molecular flexibility index (Phi) is 5.48. The molecule has 0 bridgehead atoms. The Balaban J connectivity index is 2.25. The molecule has 0 N–H and O–H groups in total. The second-order valence-corrected chi connectivity index (χ2v) is 6.94. The molecule has 0 aliphatic heterocycles. The molecule has 0 unspecified atom stereocenters. The molecule has 0 amide bonds. The summed E-state index contributed by atoms with van der Waals surface area (Å²) in [6.07, 6.45) is -11.0. The van der Waals surface area contributed by atoms with Crippen molar-refractivity contribution < 1.29 is 52.7 Å². The van der Waals surface area contributed by atoms with E-state index in [1.54, 1.807) is 0 Å². The Hall–Kier alpha value is -3.78. The standard InChI is InChI=1S/C20H5F12N3/c21-7-3-1-6(2-4-7)16-10-8(19(27,28)29)5-9(20(30,31)32)33-18(10)35(34-16)17-14(25)12(23)11(22)13(24)15(17)26/h1-5H. The van der Waals surface area contributed by atoms with Crippen LogP contribution in [0.3, 0.4) is 0 Å². The van der Waals surface area contributed by atoms with Gasteiger partial charge in [-0.15, -0.1) is 0 Å². The van der Waals surface area contributed by atoms with Crippen LogP contribution < -0.4 is 0 Å². The van der Waals surface area contributed by atoms with Gasteiger partial charge in [-0.05, 0) is 30.3 Å². The lowest BCUT2D eigenvalue weighted by Gasteiger charge is -2.14. The number of nitrogens with zero attached hydrogens (tertiary/aromatic N) is 3. The van der Waals surface area contributed by atoms with Crippen LogP contribution in [0.5, 0.6) is 0 Å². The molecule has 15 heteroatoms. The lowest BCUT2D eigenvalue weighted by molar-refractivity contribution is -0.144. The highest BCUT2D eigenvalue weighted by atomic mass is 19.4. The molecule has 3 nitrogen and oxygen atoms in total. The minimum absolute atomic E-state index is 0.352. The van der Waals surface area contributed by atoms with E-state index in [4.69, 9.17) is 0 Å². The topological polar surface area (TPSA) is 30.7 Å². The summed E-state index contributed by atoms with van der Waals surface area (Å²) in [6, 6.07) is 2.71. The first-order valence-electron chi connectivity index (χ1n) is 8.98. The van der Waals surface area contributed by atoms with Gasteiger partial charge in [-0.1, -0.05) is 0 Å². The van der Waals surface area contributed by atoms with Gasteiger partial charge in [-0.2, -0.15) is 31.4 Å². The van der Waals surface area contributed by atoms with Gasteiger partial charge >= 0.3 is 12.4 Å². The molecule has 0 fully saturated rings. The average molecular weight is 515 g/mol. The van der Waals surface area contributed by atoms with E-state index >= 15 is 0 Å². The number of rotatable bonds is 2. The number of benzene rings is 2. The first kappa shape index (κ1) is 24.3. The summed E-state index contributed by atoms with van der Waals surface area (Å²) >= 11 is 0. The SMILES string of the molecule is Fc1ccc(-c2nn(-c3c(F)c(F)c(F)c(F)c3F)c3nc(C(F)(F)F)cc(C(F)(F)F)c23)cc1. The molecule has 184 valence electrons. The maximum absolute atomic E-state index is 14.4. The van der Waals surface area contributed by atoms with Crippen molar-refractivity contribution in [3.8, 4) is 16.9 Å². The average Bonchev–Trinajstić information content (AvgIpc) is 3.14. The molecule has 35 heavy (non-hydrogen) atoms. The summed E-state index contributed by atoms with van der Waals surface area (Å²) in [4.78, 5) is 2.95. The molecule has 4 aromatic rings. The maximum atomic E-state index is 14.4. The van der Waals surface area contributed by atoms with Crippen molar-refractivity contribution in [1.82, 2.24) is 14.8 Å². The van der Waals surface area contributed by atoms with Crippen molar-refractivity contribution in [2.24, 2.45) is 0 Å². The van der Waals surface area contributed by atoms with Crippen molar-refractivity contribution in [2.75, 3.05) is 0 Å². The highest BCUT2D eigenvalue weighted by Gasteiger charge is 2.42. The van der Waals surface area contributed by atoms with Crippen molar-refractivity contribution in [2.45, 2.75) is 12.4 Å². The van der Waals surface area contributed by atoms with E-state index in [-0.39, 0.29) is 4.68 Å². The van der Waals surface area contributed by atoms with Gasteiger partial charge in [-0.25, -0.2) is 36.0 Å². The molecule has 0 radical (unpaired) electrons. The fourth-order valence-corrected chi connectivity index (χ4v) is 3.23. The number of hydrogen-bond acceptors (Lipinski definition) is 2. The van der Waals surface area contributed by atoms with Gasteiger partial charge in [0.25, 0.3) is 0 Å². The molecular weight excluding hydrogens is 510 g/mol. The van der Waals surface area contributed by atoms with E-state index in [1.165, 1.54) is 0 Å². The van der Waals surface area contributed by atoms with Gasteiger partial charge in [0.1, 0.15) is 22.9 Å². The highest BCUT2D eigenvalue weighted by molar-refractivity contribution is 5.95. The third-order valence-corrected chi connectivity index (χ3v) is 4.75. The fraction of sp³-hybridized carbons (Fsp3) is 0.100. The Morgan fingerprint density at radius 3 is 1.66 bits per heavy atom. The number of fused-ring (bicyclic) bond motifs is 1. The van der Waals surface area contributed by atoms with Gasteiger partial charge in [-0.3, -0.25) is 0 Å². The van der Waals surface area contributed by atoms with Gasteiger partial charge in [0, 0.05) is 5.56 Å². The van der Waals surface area contributed by atoms with Gasteiger partial charge in [0.05, 0.1) is 10.9 Å². The largest absolute Gasteiger partial charge is 0.433 e. The molecule has 4 rings (SSSR count). The van der Waals surface area contributed by atoms with Crippen LogP contribution in [0.1, 0.15) is 11.3 Å². The van der Waals surface area contributed by atoms with E-state index in [2.05, 4.69) is 10.1 Å². The van der Waals surface area contributed by atoms with Gasteiger partial charge in [0.15, 0.2) is 28.9 Å². The van der Waals surface area contributed by atoms with E-state index < -0.39 is 92.6 Å².